The van der Waals surface area contributed by atoms with Gasteiger partial charge in [0, 0.05) is 38.9 Å². The average Bonchev–Trinajstić information content (AvgIpc) is 3.21. The van der Waals surface area contributed by atoms with Crippen LogP contribution in [0.3, 0.4) is 0 Å². The second kappa shape index (κ2) is 9.41. The van der Waals surface area contributed by atoms with Crippen molar-refractivity contribution >= 4 is 22.4 Å². The summed E-state index contributed by atoms with van der Waals surface area (Å²) in [6.45, 7) is 6.02. The molecule has 1 aliphatic heterocycles. The molecule has 1 fully saturated rings. The molecule has 3 heterocycles. The van der Waals surface area contributed by atoms with E-state index in [2.05, 4.69) is 101 Å². The minimum atomic E-state index is 0.736. The van der Waals surface area contributed by atoms with Gasteiger partial charge in [0.1, 0.15) is 11.4 Å². The average molecular weight is 444 g/mol. The van der Waals surface area contributed by atoms with Crippen molar-refractivity contribution < 1.29 is 4.74 Å². The number of benzene rings is 2. The smallest absolute Gasteiger partial charge is 0.138 e. The number of anilines is 1. The van der Waals surface area contributed by atoms with Gasteiger partial charge in [-0.15, -0.1) is 0 Å². The molecule has 0 radical (unpaired) electrons. The topological polar surface area (TPSA) is 36.2 Å². The largest absolute Gasteiger partial charge is 0.494 e. The molecule has 0 aliphatic carbocycles. The molecule has 0 bridgehead atoms. The monoisotopic (exact) mass is 443 g/mol. The number of imidazole rings is 1. The summed E-state index contributed by atoms with van der Waals surface area (Å²) in [6, 6.07) is 19.2. The number of piperazine rings is 1. The van der Waals surface area contributed by atoms with Crippen molar-refractivity contribution in [1.82, 2.24) is 19.2 Å². The van der Waals surface area contributed by atoms with E-state index in [0.717, 1.165) is 62.7 Å². The minimum Gasteiger partial charge on any atom is -0.494 e. The first-order chi connectivity index (χ1) is 16.1. The summed E-state index contributed by atoms with van der Waals surface area (Å²) in [4.78, 5) is 11.9. The number of para-hydroxylation sites is 1. The molecule has 0 amide bonds. The van der Waals surface area contributed by atoms with Crippen molar-refractivity contribution in [3.63, 3.8) is 0 Å². The van der Waals surface area contributed by atoms with Gasteiger partial charge in [-0.1, -0.05) is 18.2 Å². The van der Waals surface area contributed by atoms with Crippen LogP contribution in [0.25, 0.3) is 27.8 Å². The van der Waals surface area contributed by atoms with Crippen LogP contribution in [0.1, 0.15) is 6.42 Å². The van der Waals surface area contributed by atoms with Gasteiger partial charge < -0.3 is 19.4 Å². The van der Waals surface area contributed by atoms with Crippen LogP contribution in [0.4, 0.5) is 5.69 Å². The number of aromatic nitrogens is 2. The van der Waals surface area contributed by atoms with Crippen molar-refractivity contribution in [1.29, 1.82) is 0 Å². The number of hydrogen-bond acceptors (Lipinski definition) is 5. The van der Waals surface area contributed by atoms with Crippen molar-refractivity contribution in [3.8, 4) is 16.9 Å². The van der Waals surface area contributed by atoms with E-state index in [0.29, 0.717) is 0 Å². The standard InChI is InChI=1S/C27H33N5O/c1-29(2)14-5-19-33-23-11-8-21(9-12-23)22-10-13-26-28-24-6-4-7-25(27(24)32(26)20-22)31-17-15-30(3)16-18-31/h4,6-13,20H,5,14-19H2,1-3H3. The van der Waals surface area contributed by atoms with E-state index in [1.807, 2.05) is 0 Å². The molecule has 2 aromatic heterocycles. The Bertz CT molecular complexity index is 1220. The minimum absolute atomic E-state index is 0.736. The summed E-state index contributed by atoms with van der Waals surface area (Å²) in [7, 11) is 6.37. The fourth-order valence-electron chi connectivity index (χ4n) is 4.53. The first-order valence-corrected chi connectivity index (χ1v) is 11.8. The second-order valence-corrected chi connectivity index (χ2v) is 9.22. The van der Waals surface area contributed by atoms with Crippen molar-refractivity contribution in [2.75, 3.05) is 65.4 Å². The van der Waals surface area contributed by atoms with Gasteiger partial charge in [0.2, 0.25) is 0 Å². The zero-order chi connectivity index (χ0) is 22.8. The highest BCUT2D eigenvalue weighted by atomic mass is 16.5. The summed E-state index contributed by atoms with van der Waals surface area (Å²) in [5.74, 6) is 0.920. The first kappa shape index (κ1) is 21.7. The van der Waals surface area contributed by atoms with Crippen LogP contribution >= 0.6 is 0 Å². The molecule has 0 spiro atoms. The zero-order valence-corrected chi connectivity index (χ0v) is 19.9. The molecule has 172 valence electrons. The van der Waals surface area contributed by atoms with Crippen molar-refractivity contribution in [3.05, 3.63) is 60.8 Å². The van der Waals surface area contributed by atoms with Gasteiger partial charge in [-0.2, -0.15) is 0 Å². The van der Waals surface area contributed by atoms with E-state index < -0.39 is 0 Å². The number of hydrogen-bond donors (Lipinski definition) is 0. The van der Waals surface area contributed by atoms with E-state index >= 15 is 0 Å². The predicted molar refractivity (Wildman–Crippen MR) is 137 cm³/mol. The van der Waals surface area contributed by atoms with E-state index in [9.17, 15) is 0 Å². The maximum atomic E-state index is 5.90. The quantitative estimate of drug-likeness (QED) is 0.400. The molecule has 4 aromatic rings. The van der Waals surface area contributed by atoms with Gasteiger partial charge in [0.15, 0.2) is 0 Å². The number of ether oxygens (including phenoxy) is 1. The Hall–Kier alpha value is -3.09. The van der Waals surface area contributed by atoms with Gasteiger partial charge in [-0.3, -0.25) is 4.40 Å². The molecule has 2 aromatic carbocycles. The van der Waals surface area contributed by atoms with E-state index in [1.165, 1.54) is 22.3 Å². The highest BCUT2D eigenvalue weighted by Crippen LogP contribution is 2.31. The Morgan fingerprint density at radius 1 is 0.909 bits per heavy atom. The number of pyridine rings is 1. The van der Waals surface area contributed by atoms with Crippen molar-refractivity contribution in [2.45, 2.75) is 6.42 Å². The molecule has 6 nitrogen and oxygen atoms in total. The van der Waals surface area contributed by atoms with Gasteiger partial charge >= 0.3 is 0 Å². The first-order valence-electron chi connectivity index (χ1n) is 11.8. The van der Waals surface area contributed by atoms with E-state index in [4.69, 9.17) is 9.72 Å². The van der Waals surface area contributed by atoms with Crippen LogP contribution in [0.2, 0.25) is 0 Å². The van der Waals surface area contributed by atoms with Gasteiger partial charge in [0.25, 0.3) is 0 Å². The van der Waals surface area contributed by atoms with Crippen LogP contribution in [0.15, 0.2) is 60.8 Å². The molecular weight excluding hydrogens is 410 g/mol. The Morgan fingerprint density at radius 3 is 2.42 bits per heavy atom. The lowest BCUT2D eigenvalue weighted by Gasteiger charge is -2.34. The summed E-state index contributed by atoms with van der Waals surface area (Å²) >= 11 is 0. The lowest BCUT2D eigenvalue weighted by molar-refractivity contribution is 0.281. The lowest BCUT2D eigenvalue weighted by Crippen LogP contribution is -2.44. The summed E-state index contributed by atoms with van der Waals surface area (Å²) in [5, 5.41) is 0. The van der Waals surface area contributed by atoms with Gasteiger partial charge in [-0.05, 0) is 75.1 Å². The molecule has 1 saturated heterocycles. The summed E-state index contributed by atoms with van der Waals surface area (Å²) in [5.41, 5.74) is 6.85. The van der Waals surface area contributed by atoms with Crippen LogP contribution in [0.5, 0.6) is 5.75 Å². The molecular formula is C27H33N5O. The third kappa shape index (κ3) is 4.68. The van der Waals surface area contributed by atoms with Gasteiger partial charge in [-0.25, -0.2) is 4.98 Å². The highest BCUT2D eigenvalue weighted by molar-refractivity contribution is 5.92. The zero-order valence-electron chi connectivity index (χ0n) is 19.9. The molecule has 0 atom stereocenters. The van der Waals surface area contributed by atoms with Crippen LogP contribution in [-0.2, 0) is 0 Å². The molecule has 0 unspecified atom stereocenters. The molecule has 5 rings (SSSR count). The van der Waals surface area contributed by atoms with Crippen molar-refractivity contribution in [2.24, 2.45) is 0 Å². The van der Waals surface area contributed by atoms with Crippen LogP contribution in [0, 0.1) is 0 Å². The molecule has 6 heteroatoms. The van der Waals surface area contributed by atoms with E-state index in [-0.39, 0.29) is 0 Å². The predicted octanol–water partition coefficient (Wildman–Crippen LogP) is 4.24. The Labute approximate surface area is 196 Å². The fourth-order valence-corrected chi connectivity index (χ4v) is 4.53. The maximum Gasteiger partial charge on any atom is 0.138 e. The second-order valence-electron chi connectivity index (χ2n) is 9.22. The van der Waals surface area contributed by atoms with Gasteiger partial charge in [0.05, 0.1) is 23.3 Å². The number of rotatable bonds is 7. The normalized spacial score (nSPS) is 15.1. The Morgan fingerprint density at radius 2 is 1.67 bits per heavy atom. The van der Waals surface area contributed by atoms with Crippen LogP contribution in [-0.4, -0.2) is 79.7 Å². The lowest BCUT2D eigenvalue weighted by atomic mass is 10.1. The molecule has 1 aliphatic rings. The third-order valence-corrected chi connectivity index (χ3v) is 6.45. The molecule has 0 N–H and O–H groups in total. The highest BCUT2D eigenvalue weighted by Gasteiger charge is 2.19. The summed E-state index contributed by atoms with van der Waals surface area (Å²) in [6.07, 6.45) is 3.24. The third-order valence-electron chi connectivity index (χ3n) is 6.45. The summed E-state index contributed by atoms with van der Waals surface area (Å²) < 4.78 is 8.16. The Kier molecular flexibility index (Phi) is 6.20. The maximum absolute atomic E-state index is 5.90. The SMILES string of the molecule is CN(C)CCCOc1ccc(-c2ccc3nc4cccc(N5CCN(C)CC5)c4n3c2)cc1. The number of likely N-dealkylation sites (N-methyl/N-ethyl adjacent to an activating group) is 1. The van der Waals surface area contributed by atoms with Crippen LogP contribution < -0.4 is 9.64 Å². The number of fused-ring (bicyclic) bond motifs is 3. The van der Waals surface area contributed by atoms with E-state index in [1.54, 1.807) is 0 Å². The number of nitrogens with zero attached hydrogens (tertiary/aromatic N) is 5. The molecule has 0 saturated carbocycles. The molecule has 33 heavy (non-hydrogen) atoms. The fraction of sp³-hybridized carbons (Fsp3) is 0.370. The Balaban J connectivity index is 1.42.